The summed E-state index contributed by atoms with van der Waals surface area (Å²) < 4.78 is 10.5. The standard InChI is InChI=1S/C23H21N3O7S/c1-3-32-22(30)17-15(24-23(31)25-18(17)16-9-6-10-34-16)11-33-21(29)12(2)26-19(27)13-7-4-5-8-14(13)20(26)28/h4-10,12,18H,3,11H2,1-2H3,(H2,24,25,31)/t12-,18-/m0/s1. The fourth-order valence-electron chi connectivity index (χ4n) is 3.78. The summed E-state index contributed by atoms with van der Waals surface area (Å²) in [6.07, 6.45) is 0. The largest absolute Gasteiger partial charge is 0.463 e. The number of carbonyl (C=O) groups is 5. The number of rotatable bonds is 7. The van der Waals surface area contributed by atoms with E-state index in [0.29, 0.717) is 4.88 Å². The van der Waals surface area contributed by atoms with Gasteiger partial charge in [-0.1, -0.05) is 18.2 Å². The van der Waals surface area contributed by atoms with Gasteiger partial charge in [-0.05, 0) is 37.4 Å². The SMILES string of the molecule is CCOC(=O)C1=C(COC(=O)[C@H](C)N2C(=O)c3ccccc3C2=O)NC(=O)N[C@H]1c1cccs1. The van der Waals surface area contributed by atoms with E-state index in [1.165, 1.54) is 30.4 Å². The number of ether oxygens (including phenoxy) is 2. The van der Waals surface area contributed by atoms with Gasteiger partial charge in [0.25, 0.3) is 11.8 Å². The molecule has 4 amide bonds. The molecule has 1 aromatic carbocycles. The van der Waals surface area contributed by atoms with Gasteiger partial charge < -0.3 is 20.1 Å². The van der Waals surface area contributed by atoms with Gasteiger partial charge in [-0.2, -0.15) is 0 Å². The lowest BCUT2D eigenvalue weighted by molar-refractivity contribution is -0.147. The average Bonchev–Trinajstić information content (AvgIpc) is 3.44. The summed E-state index contributed by atoms with van der Waals surface area (Å²) in [5, 5.41) is 6.98. The molecule has 3 heterocycles. The highest BCUT2D eigenvalue weighted by Gasteiger charge is 2.41. The molecule has 2 aliphatic heterocycles. The van der Waals surface area contributed by atoms with Crippen LogP contribution >= 0.6 is 11.3 Å². The van der Waals surface area contributed by atoms with Gasteiger partial charge in [0.1, 0.15) is 12.6 Å². The minimum atomic E-state index is -1.22. The van der Waals surface area contributed by atoms with Crippen LogP contribution in [0, 0.1) is 0 Å². The van der Waals surface area contributed by atoms with Gasteiger partial charge in [0.05, 0.1) is 35.0 Å². The molecule has 11 heteroatoms. The average molecular weight is 484 g/mol. The summed E-state index contributed by atoms with van der Waals surface area (Å²) in [5.74, 6) is -2.73. The van der Waals surface area contributed by atoms with Crippen LogP contribution in [0.25, 0.3) is 0 Å². The first-order chi connectivity index (χ1) is 16.3. The van der Waals surface area contributed by atoms with Gasteiger partial charge in [0, 0.05) is 4.88 Å². The molecule has 0 saturated heterocycles. The molecule has 0 bridgehead atoms. The van der Waals surface area contributed by atoms with Crippen LogP contribution in [0.3, 0.4) is 0 Å². The molecule has 2 N–H and O–H groups in total. The van der Waals surface area contributed by atoms with Crippen molar-refractivity contribution in [3.63, 3.8) is 0 Å². The zero-order valence-electron chi connectivity index (χ0n) is 18.3. The number of imide groups is 1. The van der Waals surface area contributed by atoms with E-state index in [1.54, 1.807) is 36.6 Å². The molecule has 2 atom stereocenters. The maximum Gasteiger partial charge on any atom is 0.338 e. The Bertz CT molecular complexity index is 1170. The Kier molecular flexibility index (Phi) is 6.46. The predicted octanol–water partition coefficient (Wildman–Crippen LogP) is 2.15. The lowest BCUT2D eigenvalue weighted by Gasteiger charge is -2.28. The molecule has 0 unspecified atom stereocenters. The molecule has 10 nitrogen and oxygen atoms in total. The summed E-state index contributed by atoms with van der Waals surface area (Å²) in [6.45, 7) is 2.67. The van der Waals surface area contributed by atoms with Gasteiger partial charge >= 0.3 is 18.0 Å². The number of thiophene rings is 1. The van der Waals surface area contributed by atoms with E-state index in [-0.39, 0.29) is 29.0 Å². The predicted molar refractivity (Wildman–Crippen MR) is 120 cm³/mol. The Hall–Kier alpha value is -3.99. The van der Waals surface area contributed by atoms with E-state index < -0.39 is 48.5 Å². The van der Waals surface area contributed by atoms with E-state index in [9.17, 15) is 24.0 Å². The van der Waals surface area contributed by atoms with Crippen molar-refractivity contribution in [2.75, 3.05) is 13.2 Å². The Morgan fingerprint density at radius 1 is 1.06 bits per heavy atom. The van der Waals surface area contributed by atoms with Gasteiger partial charge in [0.2, 0.25) is 0 Å². The molecule has 176 valence electrons. The fourth-order valence-corrected chi connectivity index (χ4v) is 4.56. The minimum absolute atomic E-state index is 0.0588. The van der Waals surface area contributed by atoms with Crippen LogP contribution in [0.2, 0.25) is 0 Å². The van der Waals surface area contributed by atoms with Crippen molar-refractivity contribution in [2.24, 2.45) is 0 Å². The minimum Gasteiger partial charge on any atom is -0.463 e. The number of esters is 2. The van der Waals surface area contributed by atoms with Crippen LogP contribution in [0.4, 0.5) is 4.79 Å². The van der Waals surface area contributed by atoms with Crippen molar-refractivity contribution >= 4 is 41.1 Å². The fraction of sp³-hybridized carbons (Fsp3) is 0.261. The molecule has 1 aromatic heterocycles. The summed E-state index contributed by atoms with van der Waals surface area (Å²) in [7, 11) is 0. The third-order valence-corrected chi connectivity index (χ3v) is 6.33. The number of hydrogen-bond donors (Lipinski definition) is 2. The molecular weight excluding hydrogens is 462 g/mol. The summed E-state index contributed by atoms with van der Waals surface area (Å²) in [5.41, 5.74) is 0.585. The van der Waals surface area contributed by atoms with E-state index in [0.717, 1.165) is 4.90 Å². The molecule has 2 aliphatic rings. The molecule has 0 spiro atoms. The number of amides is 4. The summed E-state index contributed by atoms with van der Waals surface area (Å²) >= 11 is 1.34. The lowest BCUT2D eigenvalue weighted by Crippen LogP contribution is -2.48. The number of urea groups is 1. The molecule has 34 heavy (non-hydrogen) atoms. The first-order valence-corrected chi connectivity index (χ1v) is 11.4. The Morgan fingerprint density at radius 3 is 2.32 bits per heavy atom. The maximum atomic E-state index is 12.8. The van der Waals surface area contributed by atoms with Crippen LogP contribution in [0.5, 0.6) is 0 Å². The van der Waals surface area contributed by atoms with Crippen LogP contribution in [-0.2, 0) is 19.1 Å². The number of benzene rings is 1. The molecule has 0 fully saturated rings. The summed E-state index contributed by atoms with van der Waals surface area (Å²) in [6, 6.07) is 7.24. The zero-order chi connectivity index (χ0) is 24.4. The van der Waals surface area contributed by atoms with Crippen molar-refractivity contribution in [3.05, 3.63) is 69.1 Å². The van der Waals surface area contributed by atoms with Crippen molar-refractivity contribution in [1.29, 1.82) is 0 Å². The molecule has 4 rings (SSSR count). The number of nitrogens with one attached hydrogen (secondary N) is 2. The zero-order valence-corrected chi connectivity index (χ0v) is 19.1. The Labute approximate surface area is 198 Å². The van der Waals surface area contributed by atoms with E-state index in [2.05, 4.69) is 10.6 Å². The van der Waals surface area contributed by atoms with Crippen molar-refractivity contribution in [2.45, 2.75) is 25.9 Å². The third-order valence-electron chi connectivity index (χ3n) is 5.39. The topological polar surface area (TPSA) is 131 Å². The lowest BCUT2D eigenvalue weighted by atomic mass is 10.0. The molecule has 0 saturated carbocycles. The van der Waals surface area contributed by atoms with E-state index in [4.69, 9.17) is 9.47 Å². The van der Waals surface area contributed by atoms with Crippen LogP contribution < -0.4 is 10.6 Å². The second-order valence-corrected chi connectivity index (χ2v) is 8.45. The first-order valence-electron chi connectivity index (χ1n) is 10.5. The second kappa shape index (κ2) is 9.48. The van der Waals surface area contributed by atoms with Crippen LogP contribution in [-0.4, -0.2) is 53.9 Å². The van der Waals surface area contributed by atoms with Gasteiger partial charge in [-0.3, -0.25) is 14.5 Å². The van der Waals surface area contributed by atoms with Crippen molar-refractivity contribution in [3.8, 4) is 0 Å². The van der Waals surface area contributed by atoms with Crippen molar-refractivity contribution < 1.29 is 33.4 Å². The summed E-state index contributed by atoms with van der Waals surface area (Å²) in [4.78, 5) is 64.6. The van der Waals surface area contributed by atoms with Gasteiger partial charge in [-0.25, -0.2) is 14.4 Å². The van der Waals surface area contributed by atoms with Crippen LogP contribution in [0.15, 0.2) is 53.0 Å². The number of fused-ring (bicyclic) bond motifs is 1. The highest BCUT2D eigenvalue weighted by atomic mass is 32.1. The normalized spacial score (nSPS) is 18.2. The Morgan fingerprint density at radius 2 is 1.74 bits per heavy atom. The van der Waals surface area contributed by atoms with Crippen LogP contribution in [0.1, 0.15) is 45.5 Å². The highest BCUT2D eigenvalue weighted by Crippen LogP contribution is 2.31. The number of carbonyl (C=O) groups excluding carboxylic acids is 5. The van der Waals surface area contributed by atoms with Gasteiger partial charge in [0.15, 0.2) is 0 Å². The molecule has 0 radical (unpaired) electrons. The van der Waals surface area contributed by atoms with Crippen molar-refractivity contribution in [1.82, 2.24) is 15.5 Å². The number of hydrogen-bond acceptors (Lipinski definition) is 8. The smallest absolute Gasteiger partial charge is 0.338 e. The maximum absolute atomic E-state index is 12.8. The van der Waals surface area contributed by atoms with Gasteiger partial charge in [-0.15, -0.1) is 11.3 Å². The molecule has 2 aromatic rings. The quantitative estimate of drug-likeness (QED) is 0.456. The third kappa shape index (κ3) is 4.17. The Balaban J connectivity index is 1.55. The monoisotopic (exact) mass is 483 g/mol. The number of nitrogens with zero attached hydrogens (tertiary/aromatic N) is 1. The molecule has 0 aliphatic carbocycles. The second-order valence-electron chi connectivity index (χ2n) is 7.47. The van der Waals surface area contributed by atoms with E-state index in [1.807, 2.05) is 0 Å². The van der Waals surface area contributed by atoms with E-state index >= 15 is 0 Å². The highest BCUT2D eigenvalue weighted by molar-refractivity contribution is 7.10. The molecular formula is C23H21N3O7S. The first kappa shape index (κ1) is 23.2.